The Hall–Kier alpha value is -1.47. The molecule has 0 heterocycles. The van der Waals surface area contributed by atoms with E-state index >= 15 is 0 Å². The minimum atomic E-state index is -0.0135. The summed E-state index contributed by atoms with van der Waals surface area (Å²) in [6.07, 6.45) is 0. The molecule has 0 aromatic heterocycles. The zero-order valence-electron chi connectivity index (χ0n) is 16.8. The summed E-state index contributed by atoms with van der Waals surface area (Å²) in [4.78, 5) is 0. The first-order chi connectivity index (χ1) is 11.0. The molecular formula is C25H28Hf. The molecule has 1 heteroatoms. The maximum absolute atomic E-state index is 2.37. The molecule has 0 saturated heterocycles. The van der Waals surface area contributed by atoms with Gasteiger partial charge in [-0.15, -0.1) is 92.3 Å². The van der Waals surface area contributed by atoms with Gasteiger partial charge in [-0.05, 0) is 0 Å². The van der Waals surface area contributed by atoms with E-state index in [9.17, 15) is 0 Å². The van der Waals surface area contributed by atoms with Crippen molar-refractivity contribution < 1.29 is 25.8 Å². The van der Waals surface area contributed by atoms with E-state index in [0.717, 1.165) is 0 Å². The van der Waals surface area contributed by atoms with Gasteiger partial charge in [0.05, 0.1) is 0 Å². The van der Waals surface area contributed by atoms with Crippen LogP contribution in [-0.2, 0) is 31.3 Å². The van der Waals surface area contributed by atoms with Crippen molar-refractivity contribution in [2.45, 2.75) is 33.1 Å². The van der Waals surface area contributed by atoms with Crippen molar-refractivity contribution in [2.75, 3.05) is 0 Å². The minimum Gasteiger partial charge on any atom is -0.358 e. The Morgan fingerprint density at radius 2 is 1.00 bits per heavy atom. The van der Waals surface area contributed by atoms with Crippen molar-refractivity contribution in [2.24, 2.45) is 0 Å². The van der Waals surface area contributed by atoms with Crippen LogP contribution in [0.5, 0.6) is 0 Å². The number of fused-ring (bicyclic) bond motifs is 2. The summed E-state index contributed by atoms with van der Waals surface area (Å²) >= 11 is 0. The predicted molar refractivity (Wildman–Crippen MR) is 114 cm³/mol. The molecule has 0 saturated carbocycles. The fourth-order valence-corrected chi connectivity index (χ4v) is 4.52. The molecule has 0 unspecified atom stereocenters. The molecule has 0 nitrogen and oxygen atoms in total. The molecule has 4 rings (SSSR count). The largest absolute Gasteiger partial charge is 4.00 e. The van der Waals surface area contributed by atoms with Gasteiger partial charge in [0.25, 0.3) is 0 Å². The second-order valence-corrected chi connectivity index (χ2v) is 7.20. The Kier molecular flexibility index (Phi) is 6.98. The van der Waals surface area contributed by atoms with Gasteiger partial charge in [-0.1, -0.05) is 45.2 Å². The van der Waals surface area contributed by atoms with Crippen molar-refractivity contribution in [1.29, 1.82) is 0 Å². The molecule has 0 aliphatic heterocycles. The van der Waals surface area contributed by atoms with Crippen LogP contribution in [0.25, 0.3) is 21.5 Å². The monoisotopic (exact) mass is 508 g/mol. The van der Waals surface area contributed by atoms with Crippen LogP contribution in [0.3, 0.4) is 0 Å². The van der Waals surface area contributed by atoms with Crippen LogP contribution in [-0.4, -0.2) is 0 Å². The summed E-state index contributed by atoms with van der Waals surface area (Å²) in [6, 6.07) is 22.2. The molecule has 0 spiro atoms. The Morgan fingerprint density at radius 1 is 0.654 bits per heavy atom. The van der Waals surface area contributed by atoms with E-state index in [1.807, 2.05) is 0 Å². The predicted octanol–water partition coefficient (Wildman–Crippen LogP) is 7.27. The Morgan fingerprint density at radius 3 is 1.38 bits per heavy atom. The van der Waals surface area contributed by atoms with Gasteiger partial charge in [0.1, 0.15) is 0 Å². The molecule has 0 radical (unpaired) electrons. The minimum absolute atomic E-state index is 0. The van der Waals surface area contributed by atoms with E-state index in [2.05, 4.69) is 88.4 Å². The van der Waals surface area contributed by atoms with Gasteiger partial charge in [0, 0.05) is 0 Å². The van der Waals surface area contributed by atoms with Crippen LogP contribution in [0, 0.1) is 28.7 Å². The van der Waals surface area contributed by atoms with Crippen molar-refractivity contribution >= 4 is 21.5 Å². The third-order valence-electron chi connectivity index (χ3n) is 5.24. The van der Waals surface area contributed by atoms with Crippen molar-refractivity contribution in [3.8, 4) is 0 Å². The smallest absolute Gasteiger partial charge is 0.358 e. The first-order valence-electron chi connectivity index (χ1n) is 8.31. The average Bonchev–Trinajstić information content (AvgIpc) is 3.02. The molecule has 0 aliphatic carbocycles. The Balaban J connectivity index is 0.00000113. The molecular weight excluding hydrogens is 479 g/mol. The third-order valence-corrected chi connectivity index (χ3v) is 5.24. The first-order valence-corrected chi connectivity index (χ1v) is 8.31. The maximum Gasteiger partial charge on any atom is 4.00 e. The van der Waals surface area contributed by atoms with E-state index in [1.165, 1.54) is 43.8 Å². The summed E-state index contributed by atoms with van der Waals surface area (Å²) < 4.78 is 0. The van der Waals surface area contributed by atoms with Gasteiger partial charge in [-0.3, -0.25) is 0 Å². The summed E-state index contributed by atoms with van der Waals surface area (Å²) in [7, 11) is 0. The molecule has 0 bridgehead atoms. The second kappa shape index (κ2) is 8.05. The number of aryl methyl sites for hydroxylation is 2. The van der Waals surface area contributed by atoms with Crippen molar-refractivity contribution in [3.05, 3.63) is 97.8 Å². The van der Waals surface area contributed by atoms with Crippen molar-refractivity contribution in [1.82, 2.24) is 0 Å². The summed E-state index contributed by atoms with van der Waals surface area (Å²) in [5.41, 5.74) is 5.70. The standard InChI is InChI=1S/C23H22.2CH3.Hf/c1-15-13-17-9-5-7-11-19(17)21(15)23(3,4)22-16(2)14-18-10-6-8-12-20(18)22;;;/h5-14H,1-4H3;2*1H3;/q-2;2*-1;+4. The van der Waals surface area contributed by atoms with E-state index in [-0.39, 0.29) is 46.1 Å². The molecule has 0 amide bonds. The number of rotatable bonds is 2. The van der Waals surface area contributed by atoms with E-state index in [0.29, 0.717) is 0 Å². The van der Waals surface area contributed by atoms with E-state index < -0.39 is 0 Å². The van der Waals surface area contributed by atoms with Crippen LogP contribution in [0.15, 0.2) is 60.7 Å². The number of hydrogen-bond acceptors (Lipinski definition) is 0. The van der Waals surface area contributed by atoms with Gasteiger partial charge >= 0.3 is 25.8 Å². The maximum atomic E-state index is 2.37. The zero-order chi connectivity index (χ0) is 16.2. The van der Waals surface area contributed by atoms with Crippen LogP contribution >= 0.6 is 0 Å². The van der Waals surface area contributed by atoms with Crippen LogP contribution in [0.4, 0.5) is 0 Å². The van der Waals surface area contributed by atoms with Gasteiger partial charge in [-0.2, -0.15) is 0 Å². The van der Waals surface area contributed by atoms with Crippen LogP contribution in [0.1, 0.15) is 36.1 Å². The molecule has 132 valence electrons. The molecule has 0 fully saturated rings. The fourth-order valence-electron chi connectivity index (χ4n) is 4.52. The van der Waals surface area contributed by atoms with Crippen LogP contribution < -0.4 is 0 Å². The average molecular weight is 507 g/mol. The van der Waals surface area contributed by atoms with Crippen molar-refractivity contribution in [3.63, 3.8) is 0 Å². The SMILES string of the molecule is Cc1[cH-]c2ccccc2c1C(C)(C)c1c(C)[cH-]c2ccccc12.[CH3-].[CH3-].[Hf+4]. The Bertz CT molecular complexity index is 929. The normalized spacial score (nSPS) is 10.9. The number of benzene rings is 2. The molecule has 0 aliphatic rings. The second-order valence-electron chi connectivity index (χ2n) is 7.20. The van der Waals surface area contributed by atoms with Gasteiger partial charge < -0.3 is 14.9 Å². The summed E-state index contributed by atoms with van der Waals surface area (Å²) in [5, 5.41) is 5.47. The van der Waals surface area contributed by atoms with E-state index in [1.54, 1.807) is 0 Å². The quantitative estimate of drug-likeness (QED) is 0.198. The zero-order valence-corrected chi connectivity index (χ0v) is 20.4. The van der Waals surface area contributed by atoms with E-state index in [4.69, 9.17) is 0 Å². The molecule has 26 heavy (non-hydrogen) atoms. The summed E-state index contributed by atoms with van der Waals surface area (Å²) in [6.45, 7) is 9.24. The molecule has 4 aromatic carbocycles. The number of hydrogen-bond donors (Lipinski definition) is 0. The summed E-state index contributed by atoms with van der Waals surface area (Å²) in [5.74, 6) is 0. The van der Waals surface area contributed by atoms with Gasteiger partial charge in [-0.25, -0.2) is 0 Å². The fraction of sp³-hybridized carbons (Fsp3) is 0.200. The molecule has 0 atom stereocenters. The van der Waals surface area contributed by atoms with Gasteiger partial charge in [0.15, 0.2) is 0 Å². The van der Waals surface area contributed by atoms with Crippen LogP contribution in [0.2, 0.25) is 0 Å². The molecule has 0 N–H and O–H groups in total. The first kappa shape index (κ1) is 22.6. The Labute approximate surface area is 177 Å². The topological polar surface area (TPSA) is 0 Å². The molecule has 4 aromatic rings. The van der Waals surface area contributed by atoms with Gasteiger partial charge in [0.2, 0.25) is 0 Å². The third kappa shape index (κ3) is 3.27.